The topological polar surface area (TPSA) is 52.6 Å². The van der Waals surface area contributed by atoms with Crippen LogP contribution in [0.1, 0.15) is 39.5 Å². The van der Waals surface area contributed by atoms with Gasteiger partial charge in [-0.05, 0) is 38.5 Å². The Morgan fingerprint density at radius 2 is 1.94 bits per heavy atom. The van der Waals surface area contributed by atoms with Gasteiger partial charge >= 0.3 is 5.97 Å². The molecule has 0 spiro atoms. The molecule has 1 saturated carbocycles. The van der Waals surface area contributed by atoms with Gasteiger partial charge in [0.15, 0.2) is 0 Å². The lowest BCUT2D eigenvalue weighted by atomic mass is 9.73. The first-order valence-corrected chi connectivity index (χ1v) is 7.27. The van der Waals surface area contributed by atoms with Gasteiger partial charge in [0.05, 0.1) is 6.42 Å². The maximum Gasteiger partial charge on any atom is 0.304 e. The largest absolute Gasteiger partial charge is 0.481 e. The SMILES string of the molecule is CC(C)N1CC2CCCC(C1)C2NCCC(=O)O. The first-order chi connectivity index (χ1) is 8.58. The molecule has 2 atom stereocenters. The van der Waals surface area contributed by atoms with Crippen molar-refractivity contribution >= 4 is 5.97 Å². The summed E-state index contributed by atoms with van der Waals surface area (Å²) < 4.78 is 0. The number of nitrogens with zero attached hydrogens (tertiary/aromatic N) is 1. The number of carboxylic acids is 1. The number of carboxylic acid groups (broad SMARTS) is 1. The van der Waals surface area contributed by atoms with Crippen LogP contribution in [0.2, 0.25) is 0 Å². The van der Waals surface area contributed by atoms with E-state index >= 15 is 0 Å². The molecule has 0 aromatic carbocycles. The number of aliphatic carboxylic acids is 1. The Balaban J connectivity index is 1.89. The standard InChI is InChI=1S/C14H26N2O2/c1-10(2)16-8-11-4-3-5-12(9-16)14(11)15-7-6-13(17)18/h10-12,14-15H,3-9H2,1-2H3,(H,17,18). The van der Waals surface area contributed by atoms with Crippen molar-refractivity contribution in [1.82, 2.24) is 10.2 Å². The summed E-state index contributed by atoms with van der Waals surface area (Å²) in [6.07, 6.45) is 4.18. The highest BCUT2D eigenvalue weighted by Crippen LogP contribution is 2.35. The highest BCUT2D eigenvalue weighted by Gasteiger charge is 2.39. The average Bonchev–Trinajstić information content (AvgIpc) is 2.27. The number of piperidine rings is 1. The molecule has 0 amide bonds. The minimum atomic E-state index is -0.702. The molecule has 2 rings (SSSR count). The van der Waals surface area contributed by atoms with Crippen molar-refractivity contribution in [2.45, 2.75) is 51.6 Å². The third-order valence-corrected chi connectivity index (χ3v) is 4.55. The second kappa shape index (κ2) is 6.02. The van der Waals surface area contributed by atoms with E-state index in [1.165, 1.54) is 32.4 Å². The third-order valence-electron chi connectivity index (χ3n) is 4.55. The van der Waals surface area contributed by atoms with Gasteiger partial charge in [-0.25, -0.2) is 0 Å². The molecular formula is C14H26N2O2. The minimum Gasteiger partial charge on any atom is -0.481 e. The van der Waals surface area contributed by atoms with E-state index in [0.717, 1.165) is 0 Å². The van der Waals surface area contributed by atoms with E-state index in [9.17, 15) is 4.79 Å². The summed E-state index contributed by atoms with van der Waals surface area (Å²) in [6.45, 7) is 7.52. The van der Waals surface area contributed by atoms with Crippen LogP contribution in [0.15, 0.2) is 0 Å². The van der Waals surface area contributed by atoms with Crippen LogP contribution >= 0.6 is 0 Å². The fourth-order valence-electron chi connectivity index (χ4n) is 3.57. The third kappa shape index (κ3) is 3.23. The number of hydrogen-bond donors (Lipinski definition) is 2. The van der Waals surface area contributed by atoms with Crippen LogP contribution in [0, 0.1) is 11.8 Å². The first kappa shape index (κ1) is 13.8. The lowest BCUT2D eigenvalue weighted by Gasteiger charge is -2.49. The quantitative estimate of drug-likeness (QED) is 0.782. The summed E-state index contributed by atoms with van der Waals surface area (Å²) >= 11 is 0. The molecule has 1 aliphatic heterocycles. The van der Waals surface area contributed by atoms with Crippen LogP contribution in [-0.2, 0) is 4.79 Å². The van der Waals surface area contributed by atoms with Gasteiger partial charge < -0.3 is 15.3 Å². The molecule has 18 heavy (non-hydrogen) atoms. The number of likely N-dealkylation sites (tertiary alicyclic amines) is 1. The predicted octanol–water partition coefficient (Wildman–Crippen LogP) is 1.56. The van der Waals surface area contributed by atoms with Crippen LogP contribution in [0.4, 0.5) is 0 Å². The second-order valence-corrected chi connectivity index (χ2v) is 6.12. The predicted molar refractivity (Wildman–Crippen MR) is 71.6 cm³/mol. The Morgan fingerprint density at radius 3 is 2.44 bits per heavy atom. The van der Waals surface area contributed by atoms with Crippen molar-refractivity contribution in [2.24, 2.45) is 11.8 Å². The smallest absolute Gasteiger partial charge is 0.304 e. The molecule has 2 N–H and O–H groups in total. The van der Waals surface area contributed by atoms with E-state index < -0.39 is 5.97 Å². The Hall–Kier alpha value is -0.610. The van der Waals surface area contributed by atoms with E-state index in [0.29, 0.717) is 30.5 Å². The normalized spacial score (nSPS) is 32.7. The van der Waals surface area contributed by atoms with Gasteiger partial charge in [-0.3, -0.25) is 4.79 Å². The van der Waals surface area contributed by atoms with E-state index in [1.807, 2.05) is 0 Å². The molecule has 0 radical (unpaired) electrons. The van der Waals surface area contributed by atoms with E-state index in [4.69, 9.17) is 5.11 Å². The van der Waals surface area contributed by atoms with Crippen LogP contribution in [0.5, 0.6) is 0 Å². The summed E-state index contributed by atoms with van der Waals surface area (Å²) in [5.74, 6) is 0.731. The fraction of sp³-hybridized carbons (Fsp3) is 0.929. The van der Waals surface area contributed by atoms with Crippen LogP contribution < -0.4 is 5.32 Å². The average molecular weight is 254 g/mol. The Morgan fingerprint density at radius 1 is 1.33 bits per heavy atom. The Labute approximate surface area is 110 Å². The number of hydrogen-bond acceptors (Lipinski definition) is 3. The molecule has 1 saturated heterocycles. The fourth-order valence-corrected chi connectivity index (χ4v) is 3.57. The summed E-state index contributed by atoms with van der Waals surface area (Å²) in [7, 11) is 0. The number of rotatable bonds is 5. The molecule has 2 unspecified atom stereocenters. The van der Waals surface area contributed by atoms with Gasteiger partial charge in [0.25, 0.3) is 0 Å². The van der Waals surface area contributed by atoms with Gasteiger partial charge in [-0.15, -0.1) is 0 Å². The monoisotopic (exact) mass is 254 g/mol. The van der Waals surface area contributed by atoms with Crippen LogP contribution in [-0.4, -0.2) is 47.7 Å². The van der Waals surface area contributed by atoms with Gasteiger partial charge in [0.1, 0.15) is 0 Å². The van der Waals surface area contributed by atoms with Gasteiger partial charge in [-0.2, -0.15) is 0 Å². The zero-order chi connectivity index (χ0) is 13.1. The Kier molecular flexibility index (Phi) is 4.62. The maximum absolute atomic E-state index is 10.6. The van der Waals surface area contributed by atoms with Crippen molar-refractivity contribution < 1.29 is 9.90 Å². The highest BCUT2D eigenvalue weighted by molar-refractivity contribution is 5.66. The lowest BCUT2D eigenvalue weighted by Crippen LogP contribution is -2.58. The van der Waals surface area contributed by atoms with E-state index in [1.54, 1.807) is 0 Å². The van der Waals surface area contributed by atoms with Gasteiger partial charge in [0, 0.05) is 31.7 Å². The molecule has 104 valence electrons. The maximum atomic E-state index is 10.6. The Bertz CT molecular complexity index is 280. The summed E-state index contributed by atoms with van der Waals surface area (Å²) in [6, 6.07) is 1.18. The minimum absolute atomic E-state index is 0.240. The molecule has 2 bridgehead atoms. The zero-order valence-corrected chi connectivity index (χ0v) is 11.6. The van der Waals surface area contributed by atoms with Gasteiger partial charge in [-0.1, -0.05) is 6.42 Å². The summed E-state index contributed by atoms with van der Waals surface area (Å²) in [5, 5.41) is 12.2. The molecular weight excluding hydrogens is 228 g/mol. The molecule has 2 fully saturated rings. The van der Waals surface area contributed by atoms with Crippen molar-refractivity contribution in [3.63, 3.8) is 0 Å². The van der Waals surface area contributed by atoms with Gasteiger partial charge in [0.2, 0.25) is 0 Å². The molecule has 1 heterocycles. The molecule has 2 aliphatic rings. The first-order valence-electron chi connectivity index (χ1n) is 7.27. The van der Waals surface area contributed by atoms with Crippen molar-refractivity contribution in [3.8, 4) is 0 Å². The summed E-state index contributed by atoms with van der Waals surface area (Å²) in [5.41, 5.74) is 0. The van der Waals surface area contributed by atoms with Crippen molar-refractivity contribution in [1.29, 1.82) is 0 Å². The number of carbonyl (C=O) groups is 1. The number of nitrogens with one attached hydrogen (secondary N) is 1. The molecule has 4 heteroatoms. The van der Waals surface area contributed by atoms with E-state index in [2.05, 4.69) is 24.1 Å². The lowest BCUT2D eigenvalue weighted by molar-refractivity contribution is -0.137. The number of fused-ring (bicyclic) bond motifs is 2. The molecule has 1 aliphatic carbocycles. The van der Waals surface area contributed by atoms with Crippen molar-refractivity contribution in [3.05, 3.63) is 0 Å². The molecule has 0 aromatic rings. The van der Waals surface area contributed by atoms with Crippen molar-refractivity contribution in [2.75, 3.05) is 19.6 Å². The van der Waals surface area contributed by atoms with Crippen LogP contribution in [0.3, 0.4) is 0 Å². The highest BCUT2D eigenvalue weighted by atomic mass is 16.4. The molecule has 4 nitrogen and oxygen atoms in total. The van der Waals surface area contributed by atoms with E-state index in [-0.39, 0.29) is 6.42 Å². The zero-order valence-electron chi connectivity index (χ0n) is 11.6. The molecule has 0 aromatic heterocycles. The second-order valence-electron chi connectivity index (χ2n) is 6.12. The van der Waals surface area contributed by atoms with Crippen LogP contribution in [0.25, 0.3) is 0 Å². The summed E-state index contributed by atoms with van der Waals surface area (Å²) in [4.78, 5) is 13.2.